The highest BCUT2D eigenvalue weighted by Crippen LogP contribution is 2.18. The van der Waals surface area contributed by atoms with Crippen LogP contribution in [-0.2, 0) is 0 Å². The van der Waals surface area contributed by atoms with Gasteiger partial charge in [-0.3, -0.25) is 0 Å². The van der Waals surface area contributed by atoms with Crippen molar-refractivity contribution in [2.75, 3.05) is 0 Å². The predicted molar refractivity (Wildman–Crippen MR) is 47.5 cm³/mol. The lowest BCUT2D eigenvalue weighted by molar-refractivity contribution is 0.498. The van der Waals surface area contributed by atoms with E-state index in [0.29, 0.717) is 0 Å². The first-order valence-electron chi connectivity index (χ1n) is 4.04. The quantitative estimate of drug-likeness (QED) is 0.659. The Kier molecular flexibility index (Phi) is 1.80. The molecule has 0 amide bonds. The van der Waals surface area contributed by atoms with Crippen molar-refractivity contribution >= 4 is 23.5 Å². The Morgan fingerprint density at radius 1 is 1.29 bits per heavy atom. The van der Waals surface area contributed by atoms with Crippen LogP contribution in [0, 0.1) is 6.92 Å². The number of hydrogen-bond donors (Lipinski definition) is 0. The van der Waals surface area contributed by atoms with Crippen LogP contribution in [0.1, 0.15) is 5.89 Å². The van der Waals surface area contributed by atoms with Crippen molar-refractivity contribution in [1.82, 2.24) is 4.98 Å². The van der Waals surface area contributed by atoms with E-state index in [0.717, 1.165) is 6.07 Å². The molecule has 0 spiro atoms. The van der Waals surface area contributed by atoms with Gasteiger partial charge in [-0.1, -0.05) is 17.6 Å². The zero-order chi connectivity index (χ0) is 10.3. The van der Waals surface area contributed by atoms with E-state index >= 15 is 0 Å². The van der Waals surface area contributed by atoms with Gasteiger partial charge in [0.1, 0.15) is 11.1 Å². The van der Waals surface area contributed by atoms with E-state index in [1.807, 2.05) is 0 Å². The summed E-state index contributed by atoms with van der Waals surface area (Å²) >= 11 is 0. The number of fused-ring (bicyclic) bond motifs is 1. The molecule has 2 nitrogen and oxygen atoms in total. The Morgan fingerprint density at radius 2 is 2.00 bits per heavy atom. The van der Waals surface area contributed by atoms with Crippen molar-refractivity contribution in [3.8, 4) is 0 Å². The van der Waals surface area contributed by atoms with Crippen LogP contribution in [-0.4, -0.2) is 12.0 Å². The maximum atomic E-state index is 12.5. The van der Waals surface area contributed by atoms with Crippen molar-refractivity contribution in [1.29, 1.82) is 0 Å². The summed E-state index contributed by atoms with van der Waals surface area (Å²) in [4.78, 5) is 3.83. The standard InChI is InChI=1S/C8H6BF3NO/c1-5-13-7-4-2-3-6(8(7)14-5)9(10,11)12/h2-4H,1H3/q-1. The monoisotopic (exact) mass is 200 g/mol. The van der Waals surface area contributed by atoms with Gasteiger partial charge in [-0.05, 0) is 6.07 Å². The van der Waals surface area contributed by atoms with Gasteiger partial charge in [0.05, 0.1) is 0 Å². The minimum Gasteiger partial charge on any atom is -0.445 e. The first-order chi connectivity index (χ1) is 6.48. The van der Waals surface area contributed by atoms with Gasteiger partial charge in [0.25, 0.3) is 0 Å². The summed E-state index contributed by atoms with van der Waals surface area (Å²) in [5, 5.41) is 0. The van der Waals surface area contributed by atoms with Crippen molar-refractivity contribution in [3.63, 3.8) is 0 Å². The molecule has 0 atom stereocenters. The highest BCUT2D eigenvalue weighted by Gasteiger charge is 2.29. The van der Waals surface area contributed by atoms with Gasteiger partial charge < -0.3 is 17.4 Å². The van der Waals surface area contributed by atoms with Crippen molar-refractivity contribution in [2.45, 2.75) is 6.92 Å². The van der Waals surface area contributed by atoms with Crippen LogP contribution in [0.2, 0.25) is 0 Å². The molecular weight excluding hydrogens is 194 g/mol. The predicted octanol–water partition coefficient (Wildman–Crippen LogP) is 2.19. The summed E-state index contributed by atoms with van der Waals surface area (Å²) in [7, 11) is 0. The van der Waals surface area contributed by atoms with Crippen LogP contribution in [0.4, 0.5) is 12.9 Å². The zero-order valence-corrected chi connectivity index (χ0v) is 7.30. The number of rotatable bonds is 1. The molecule has 1 heterocycles. The summed E-state index contributed by atoms with van der Waals surface area (Å²) in [5.74, 6) is 0.243. The fourth-order valence-corrected chi connectivity index (χ4v) is 1.34. The van der Waals surface area contributed by atoms with E-state index in [2.05, 4.69) is 4.98 Å². The van der Waals surface area contributed by atoms with Crippen molar-refractivity contribution in [3.05, 3.63) is 24.1 Å². The highest BCUT2D eigenvalue weighted by molar-refractivity contribution is 6.75. The third-order valence-electron chi connectivity index (χ3n) is 1.91. The van der Waals surface area contributed by atoms with Crippen molar-refractivity contribution in [2.24, 2.45) is 0 Å². The number of para-hydroxylation sites is 1. The summed E-state index contributed by atoms with van der Waals surface area (Å²) < 4.78 is 42.4. The van der Waals surface area contributed by atoms with E-state index in [-0.39, 0.29) is 17.0 Å². The van der Waals surface area contributed by atoms with Crippen LogP contribution < -0.4 is 5.46 Å². The minimum atomic E-state index is -5.04. The van der Waals surface area contributed by atoms with Gasteiger partial charge >= 0.3 is 6.98 Å². The van der Waals surface area contributed by atoms with E-state index in [9.17, 15) is 12.9 Å². The number of oxazole rings is 1. The van der Waals surface area contributed by atoms with Crippen LogP contribution in [0.5, 0.6) is 0 Å². The molecule has 14 heavy (non-hydrogen) atoms. The first-order valence-corrected chi connectivity index (χ1v) is 4.04. The fourth-order valence-electron chi connectivity index (χ4n) is 1.34. The molecule has 1 aromatic carbocycles. The summed E-state index contributed by atoms with van der Waals surface area (Å²) in [6.45, 7) is -3.52. The Morgan fingerprint density at radius 3 is 2.64 bits per heavy atom. The van der Waals surface area contributed by atoms with E-state index in [1.165, 1.54) is 19.1 Å². The number of benzene rings is 1. The molecule has 0 unspecified atom stereocenters. The zero-order valence-electron chi connectivity index (χ0n) is 7.30. The van der Waals surface area contributed by atoms with Crippen LogP contribution in [0.15, 0.2) is 22.6 Å². The van der Waals surface area contributed by atoms with Gasteiger partial charge in [0.15, 0.2) is 5.89 Å². The van der Waals surface area contributed by atoms with E-state index in [1.54, 1.807) is 0 Å². The van der Waals surface area contributed by atoms with E-state index in [4.69, 9.17) is 4.42 Å². The number of aryl methyl sites for hydroxylation is 1. The molecule has 0 saturated heterocycles. The molecule has 0 saturated carbocycles. The van der Waals surface area contributed by atoms with E-state index < -0.39 is 12.4 Å². The maximum absolute atomic E-state index is 12.5. The lowest BCUT2D eigenvalue weighted by Crippen LogP contribution is -2.34. The lowest BCUT2D eigenvalue weighted by atomic mass is 9.79. The highest BCUT2D eigenvalue weighted by atomic mass is 19.4. The summed E-state index contributed by atoms with van der Waals surface area (Å²) in [6.07, 6.45) is 0. The smallest absolute Gasteiger partial charge is 0.445 e. The second-order valence-electron chi connectivity index (χ2n) is 3.00. The molecule has 0 bridgehead atoms. The number of aromatic nitrogens is 1. The molecule has 1 aromatic heterocycles. The molecular formula is C8H6BF3NO-. The van der Waals surface area contributed by atoms with Gasteiger partial charge in [0.2, 0.25) is 0 Å². The lowest BCUT2D eigenvalue weighted by Gasteiger charge is -2.13. The summed E-state index contributed by atoms with van der Waals surface area (Å²) in [6, 6.07) is 3.83. The number of halogens is 3. The molecule has 0 N–H and O–H groups in total. The minimum absolute atomic E-state index is 0.169. The Balaban J connectivity index is 2.77. The van der Waals surface area contributed by atoms with Crippen LogP contribution in [0.3, 0.4) is 0 Å². The molecule has 2 aromatic rings. The third kappa shape index (κ3) is 1.36. The van der Waals surface area contributed by atoms with Crippen LogP contribution in [0.25, 0.3) is 11.1 Å². The van der Waals surface area contributed by atoms with Gasteiger partial charge in [-0.2, -0.15) is 0 Å². The maximum Gasteiger partial charge on any atom is 0.513 e. The average Bonchev–Trinajstić information content (AvgIpc) is 2.41. The SMILES string of the molecule is Cc1nc2cccc([B-](F)(F)F)c2o1. The topological polar surface area (TPSA) is 26.0 Å². The second-order valence-corrected chi connectivity index (χ2v) is 3.00. The molecule has 0 aliphatic heterocycles. The van der Waals surface area contributed by atoms with Crippen LogP contribution >= 0.6 is 0 Å². The van der Waals surface area contributed by atoms with Gasteiger partial charge in [0, 0.05) is 6.92 Å². The average molecular weight is 200 g/mol. The number of nitrogens with zero attached hydrogens (tertiary/aromatic N) is 1. The molecule has 0 radical (unpaired) electrons. The van der Waals surface area contributed by atoms with Gasteiger partial charge in [-0.15, -0.1) is 0 Å². The molecule has 0 fully saturated rings. The molecule has 6 heteroatoms. The largest absolute Gasteiger partial charge is 0.513 e. The Bertz CT molecular complexity index is 477. The molecule has 2 rings (SSSR count). The summed E-state index contributed by atoms with van der Waals surface area (Å²) in [5.41, 5.74) is -0.639. The second kappa shape index (κ2) is 2.77. The first kappa shape index (κ1) is 9.11. The normalized spacial score (nSPS) is 12.3. The Labute approximate surface area is 77.8 Å². The molecule has 0 aliphatic carbocycles. The Hall–Kier alpha value is -1.46. The third-order valence-corrected chi connectivity index (χ3v) is 1.91. The van der Waals surface area contributed by atoms with Crippen molar-refractivity contribution < 1.29 is 17.4 Å². The number of hydrogen-bond acceptors (Lipinski definition) is 2. The van der Waals surface area contributed by atoms with Gasteiger partial charge in [-0.25, -0.2) is 4.98 Å². The molecule has 0 aliphatic rings. The fraction of sp³-hybridized carbons (Fsp3) is 0.125. The molecule has 74 valence electrons.